The number of aromatic nitrogens is 4. The summed E-state index contributed by atoms with van der Waals surface area (Å²) in [6.45, 7) is 0.868. The topological polar surface area (TPSA) is 52.8 Å². The van der Waals surface area contributed by atoms with Crippen LogP contribution in [0.15, 0.2) is 29.4 Å². The molecule has 7 heteroatoms. The van der Waals surface area contributed by atoms with Crippen LogP contribution >= 0.6 is 23.4 Å². The van der Waals surface area contributed by atoms with Gasteiger partial charge in [0, 0.05) is 17.4 Å². The Hall–Kier alpha value is -1.11. The van der Waals surface area contributed by atoms with Crippen molar-refractivity contribution in [3.63, 3.8) is 0 Å². The van der Waals surface area contributed by atoms with Gasteiger partial charge in [0.05, 0.1) is 11.8 Å². The Labute approximate surface area is 120 Å². The fourth-order valence-corrected chi connectivity index (χ4v) is 3.04. The zero-order valence-corrected chi connectivity index (χ0v) is 11.8. The van der Waals surface area contributed by atoms with Gasteiger partial charge in [-0.2, -0.15) is 4.68 Å². The fraction of sp³-hybridized carbons (Fsp3) is 0.417. The summed E-state index contributed by atoms with van der Waals surface area (Å²) >= 11 is 7.50. The van der Waals surface area contributed by atoms with Gasteiger partial charge in [0.25, 0.3) is 0 Å². The minimum atomic E-state index is 0.320. The lowest BCUT2D eigenvalue weighted by molar-refractivity contribution is 0.129. The molecule has 0 spiro atoms. The van der Waals surface area contributed by atoms with Crippen molar-refractivity contribution in [3.05, 3.63) is 29.3 Å². The van der Waals surface area contributed by atoms with Crippen molar-refractivity contribution in [2.75, 3.05) is 12.4 Å². The molecule has 1 fully saturated rings. The maximum absolute atomic E-state index is 5.88. The number of thioether (sulfide) groups is 1. The van der Waals surface area contributed by atoms with Crippen LogP contribution in [0.3, 0.4) is 0 Å². The van der Waals surface area contributed by atoms with Crippen LogP contribution in [0.2, 0.25) is 5.02 Å². The second-order valence-corrected chi connectivity index (χ2v) is 5.72. The van der Waals surface area contributed by atoms with Gasteiger partial charge < -0.3 is 4.74 Å². The molecule has 0 unspecified atom stereocenters. The van der Waals surface area contributed by atoms with Crippen LogP contribution in [0.1, 0.15) is 12.8 Å². The molecule has 1 aliphatic rings. The van der Waals surface area contributed by atoms with Gasteiger partial charge in [0.2, 0.25) is 5.16 Å². The van der Waals surface area contributed by atoms with E-state index < -0.39 is 0 Å². The van der Waals surface area contributed by atoms with Gasteiger partial charge in [-0.1, -0.05) is 23.4 Å². The first-order valence-electron chi connectivity index (χ1n) is 6.11. The molecular formula is C12H13ClN4OS. The lowest BCUT2D eigenvalue weighted by atomic mass is 10.3. The zero-order valence-electron chi connectivity index (χ0n) is 10.2. The van der Waals surface area contributed by atoms with Crippen molar-refractivity contribution in [1.29, 1.82) is 0 Å². The molecule has 0 N–H and O–H groups in total. The van der Waals surface area contributed by atoms with Gasteiger partial charge in [-0.25, -0.2) is 0 Å². The summed E-state index contributed by atoms with van der Waals surface area (Å²) in [6.07, 6.45) is 2.59. The van der Waals surface area contributed by atoms with Crippen LogP contribution in [-0.4, -0.2) is 38.7 Å². The Morgan fingerprint density at radius 3 is 2.95 bits per heavy atom. The van der Waals surface area contributed by atoms with E-state index in [1.165, 1.54) is 0 Å². The highest BCUT2D eigenvalue weighted by Gasteiger charge is 2.18. The molecule has 0 amide bonds. The van der Waals surface area contributed by atoms with Gasteiger partial charge >= 0.3 is 0 Å². The first-order chi connectivity index (χ1) is 9.33. The second-order valence-electron chi connectivity index (χ2n) is 4.30. The average Bonchev–Trinajstić information content (AvgIpc) is 3.08. The van der Waals surface area contributed by atoms with Crippen LogP contribution in [-0.2, 0) is 4.74 Å². The summed E-state index contributed by atoms with van der Waals surface area (Å²) < 4.78 is 7.31. The molecule has 0 bridgehead atoms. The molecule has 2 aromatic rings. The minimum absolute atomic E-state index is 0.320. The van der Waals surface area contributed by atoms with E-state index in [0.717, 1.165) is 36.0 Å². The van der Waals surface area contributed by atoms with Crippen molar-refractivity contribution >= 4 is 23.4 Å². The maximum atomic E-state index is 5.88. The third kappa shape index (κ3) is 3.08. The smallest absolute Gasteiger partial charge is 0.214 e. The maximum Gasteiger partial charge on any atom is 0.214 e. The number of halogens is 1. The van der Waals surface area contributed by atoms with E-state index in [-0.39, 0.29) is 0 Å². The highest BCUT2D eigenvalue weighted by atomic mass is 35.5. The fourth-order valence-electron chi connectivity index (χ4n) is 1.96. The number of ether oxygens (including phenoxy) is 1. The zero-order chi connectivity index (χ0) is 13.1. The Bertz CT molecular complexity index is 539. The van der Waals surface area contributed by atoms with Crippen LogP contribution in [0.5, 0.6) is 0 Å². The standard InChI is InChI=1S/C12H13ClN4OS/c13-9-3-5-10(6-4-9)17-12(14-15-16-17)19-8-11-2-1-7-18-11/h3-6,11H,1-2,7-8H2/t11-/m0/s1. The predicted molar refractivity (Wildman–Crippen MR) is 73.9 cm³/mol. The lowest BCUT2D eigenvalue weighted by Gasteiger charge is -2.08. The molecule has 5 nitrogen and oxygen atoms in total. The van der Waals surface area contributed by atoms with E-state index in [0.29, 0.717) is 11.1 Å². The number of hydrogen-bond acceptors (Lipinski definition) is 5. The summed E-state index contributed by atoms with van der Waals surface area (Å²) in [7, 11) is 0. The SMILES string of the molecule is Clc1ccc(-n2nnnc2SC[C@@H]2CCCO2)cc1. The van der Waals surface area contributed by atoms with Gasteiger partial charge in [-0.15, -0.1) is 5.10 Å². The molecular weight excluding hydrogens is 284 g/mol. The molecule has 19 heavy (non-hydrogen) atoms. The van der Waals surface area contributed by atoms with E-state index in [1.807, 2.05) is 24.3 Å². The Kier molecular flexibility index (Phi) is 4.00. The molecule has 0 saturated carbocycles. The molecule has 3 rings (SSSR count). The highest BCUT2D eigenvalue weighted by Crippen LogP contribution is 2.23. The van der Waals surface area contributed by atoms with Crippen LogP contribution in [0, 0.1) is 0 Å². The molecule has 1 saturated heterocycles. The predicted octanol–water partition coefficient (Wildman–Crippen LogP) is 2.59. The van der Waals surface area contributed by atoms with Crippen molar-refractivity contribution in [3.8, 4) is 5.69 Å². The summed E-state index contributed by atoms with van der Waals surface area (Å²) in [5, 5.41) is 13.3. The van der Waals surface area contributed by atoms with Crippen LogP contribution in [0.25, 0.3) is 5.69 Å². The van der Waals surface area contributed by atoms with E-state index >= 15 is 0 Å². The number of hydrogen-bond donors (Lipinski definition) is 0. The lowest BCUT2D eigenvalue weighted by Crippen LogP contribution is -2.09. The Morgan fingerprint density at radius 2 is 2.21 bits per heavy atom. The van der Waals surface area contributed by atoms with Crippen molar-refractivity contribution in [1.82, 2.24) is 20.2 Å². The molecule has 1 aromatic carbocycles. The normalized spacial score (nSPS) is 18.9. The molecule has 1 atom stereocenters. The molecule has 2 heterocycles. The molecule has 0 aliphatic carbocycles. The summed E-state index contributed by atoms with van der Waals surface area (Å²) in [4.78, 5) is 0. The van der Waals surface area contributed by atoms with Crippen molar-refractivity contribution in [2.24, 2.45) is 0 Å². The molecule has 100 valence electrons. The summed E-state index contributed by atoms with van der Waals surface area (Å²) in [5.74, 6) is 0.883. The van der Waals surface area contributed by atoms with Crippen LogP contribution < -0.4 is 0 Å². The average molecular weight is 297 g/mol. The van der Waals surface area contributed by atoms with E-state index in [2.05, 4.69) is 15.5 Å². The Morgan fingerprint density at radius 1 is 1.37 bits per heavy atom. The third-order valence-electron chi connectivity index (χ3n) is 2.93. The van der Waals surface area contributed by atoms with E-state index in [9.17, 15) is 0 Å². The quantitative estimate of drug-likeness (QED) is 0.812. The first kappa shape index (κ1) is 12.9. The second kappa shape index (κ2) is 5.90. The largest absolute Gasteiger partial charge is 0.377 e. The van der Waals surface area contributed by atoms with E-state index in [1.54, 1.807) is 16.4 Å². The molecule has 1 aromatic heterocycles. The number of rotatable bonds is 4. The van der Waals surface area contributed by atoms with Gasteiger partial charge in [-0.05, 0) is 47.5 Å². The van der Waals surface area contributed by atoms with Gasteiger partial charge in [0.15, 0.2) is 0 Å². The van der Waals surface area contributed by atoms with Gasteiger partial charge in [-0.3, -0.25) is 0 Å². The monoisotopic (exact) mass is 296 g/mol. The Balaban J connectivity index is 1.72. The number of tetrazole rings is 1. The summed E-state index contributed by atoms with van der Waals surface area (Å²) in [6, 6.07) is 7.45. The minimum Gasteiger partial charge on any atom is -0.377 e. The third-order valence-corrected chi connectivity index (χ3v) is 4.24. The number of nitrogens with zero attached hydrogens (tertiary/aromatic N) is 4. The molecule has 0 radical (unpaired) electrons. The van der Waals surface area contributed by atoms with E-state index in [4.69, 9.17) is 16.3 Å². The van der Waals surface area contributed by atoms with Gasteiger partial charge in [0.1, 0.15) is 0 Å². The van der Waals surface area contributed by atoms with Crippen LogP contribution in [0.4, 0.5) is 0 Å². The number of benzene rings is 1. The van der Waals surface area contributed by atoms with Crippen molar-refractivity contribution < 1.29 is 4.74 Å². The molecule has 1 aliphatic heterocycles. The summed E-state index contributed by atoms with van der Waals surface area (Å²) in [5.41, 5.74) is 0.907. The first-order valence-corrected chi connectivity index (χ1v) is 7.48. The van der Waals surface area contributed by atoms with Crippen molar-refractivity contribution in [2.45, 2.75) is 24.1 Å². The highest BCUT2D eigenvalue weighted by molar-refractivity contribution is 7.99.